The first-order valence-corrected chi connectivity index (χ1v) is 11.8. The molecule has 13 heteroatoms. The van der Waals surface area contributed by atoms with Crippen molar-refractivity contribution in [3.8, 4) is 17.2 Å². The van der Waals surface area contributed by atoms with E-state index in [0.29, 0.717) is 39.9 Å². The van der Waals surface area contributed by atoms with E-state index in [4.69, 9.17) is 9.47 Å². The van der Waals surface area contributed by atoms with Crippen molar-refractivity contribution in [2.75, 3.05) is 18.7 Å². The molecule has 0 bridgehead atoms. The Bertz CT molecular complexity index is 1650. The molecule has 4 heterocycles. The average Bonchev–Trinajstić information content (AvgIpc) is 3.28. The summed E-state index contributed by atoms with van der Waals surface area (Å²) in [5.41, 5.74) is 2.71. The molecule has 1 N–H and O–H groups in total. The second-order valence-corrected chi connectivity index (χ2v) is 9.26. The summed E-state index contributed by atoms with van der Waals surface area (Å²) in [7, 11) is -2.07. The Labute approximate surface area is 193 Å². The summed E-state index contributed by atoms with van der Waals surface area (Å²) in [6.07, 6.45) is 6.95. The molecular formula is C21H18N8O4S. The molecule has 0 spiro atoms. The van der Waals surface area contributed by atoms with Crippen molar-refractivity contribution >= 4 is 38.0 Å². The number of methoxy groups -OCH3 is 1. The fraction of sp³-hybridized carbons (Fsp3) is 0.143. The Morgan fingerprint density at radius 2 is 1.88 bits per heavy atom. The van der Waals surface area contributed by atoms with E-state index in [9.17, 15) is 8.42 Å². The van der Waals surface area contributed by atoms with Gasteiger partial charge in [-0.15, -0.1) is 0 Å². The number of rotatable bonds is 6. The fourth-order valence-corrected chi connectivity index (χ4v) is 3.77. The number of nitrogens with zero attached hydrogens (tertiary/aromatic N) is 7. The van der Waals surface area contributed by atoms with Gasteiger partial charge in [0, 0.05) is 24.6 Å². The normalized spacial score (nSPS) is 11.6. The van der Waals surface area contributed by atoms with Gasteiger partial charge in [-0.05, 0) is 24.6 Å². The van der Waals surface area contributed by atoms with Crippen LogP contribution in [-0.2, 0) is 9.84 Å². The van der Waals surface area contributed by atoms with Crippen LogP contribution in [0, 0.1) is 6.92 Å². The number of hydrogen-bond donors (Lipinski definition) is 1. The van der Waals surface area contributed by atoms with E-state index in [-0.39, 0.29) is 10.7 Å². The minimum Gasteiger partial charge on any atom is -0.494 e. The zero-order chi connectivity index (χ0) is 23.9. The van der Waals surface area contributed by atoms with Gasteiger partial charge in [0.2, 0.25) is 15.0 Å². The quantitative estimate of drug-likeness (QED) is 0.359. The van der Waals surface area contributed by atoms with E-state index in [1.807, 2.05) is 13.0 Å². The van der Waals surface area contributed by atoms with Gasteiger partial charge in [-0.2, -0.15) is 5.10 Å². The summed E-state index contributed by atoms with van der Waals surface area (Å²) in [6.45, 7) is 1.89. The van der Waals surface area contributed by atoms with Crippen LogP contribution in [0.3, 0.4) is 0 Å². The summed E-state index contributed by atoms with van der Waals surface area (Å²) >= 11 is 0. The number of fused-ring (bicyclic) bond motifs is 2. The van der Waals surface area contributed by atoms with Gasteiger partial charge in [0.15, 0.2) is 11.5 Å². The molecule has 5 aromatic rings. The Morgan fingerprint density at radius 1 is 1.03 bits per heavy atom. The van der Waals surface area contributed by atoms with Crippen molar-refractivity contribution < 1.29 is 17.9 Å². The van der Waals surface area contributed by atoms with Crippen LogP contribution >= 0.6 is 0 Å². The molecule has 0 aliphatic rings. The van der Waals surface area contributed by atoms with Gasteiger partial charge >= 0.3 is 0 Å². The lowest BCUT2D eigenvalue weighted by molar-refractivity contribution is 0.410. The number of ether oxygens (including phenoxy) is 2. The summed E-state index contributed by atoms with van der Waals surface area (Å²) in [5, 5.41) is 6.92. The van der Waals surface area contributed by atoms with Crippen LogP contribution in [0.1, 0.15) is 5.56 Å². The van der Waals surface area contributed by atoms with Crippen molar-refractivity contribution in [1.29, 1.82) is 0 Å². The third-order valence-electron chi connectivity index (χ3n) is 4.92. The van der Waals surface area contributed by atoms with Crippen molar-refractivity contribution in [2.45, 2.75) is 12.1 Å². The van der Waals surface area contributed by atoms with Crippen LogP contribution in [-0.4, -0.2) is 56.3 Å². The summed E-state index contributed by atoms with van der Waals surface area (Å²) in [4.78, 5) is 20.5. The van der Waals surface area contributed by atoms with Crippen LogP contribution < -0.4 is 14.8 Å². The topological polar surface area (TPSA) is 146 Å². The van der Waals surface area contributed by atoms with E-state index in [2.05, 4.69) is 35.3 Å². The first-order chi connectivity index (χ1) is 16.3. The van der Waals surface area contributed by atoms with Crippen molar-refractivity contribution in [2.24, 2.45) is 0 Å². The Kier molecular flexibility index (Phi) is 5.17. The molecule has 0 atom stereocenters. The molecule has 0 radical (unpaired) electrons. The number of nitrogens with one attached hydrogen (secondary N) is 1. The second kappa shape index (κ2) is 8.19. The van der Waals surface area contributed by atoms with Gasteiger partial charge in [0.1, 0.15) is 40.9 Å². The molecule has 0 aliphatic heterocycles. The minimum absolute atomic E-state index is 0.263. The van der Waals surface area contributed by atoms with E-state index >= 15 is 0 Å². The first kappa shape index (κ1) is 21.5. The van der Waals surface area contributed by atoms with Gasteiger partial charge in [-0.3, -0.25) is 0 Å². The summed E-state index contributed by atoms with van der Waals surface area (Å²) in [6, 6.07) is 7.13. The number of aryl methyl sites for hydroxylation is 1. The minimum atomic E-state index is -3.61. The first-order valence-electron chi connectivity index (χ1n) is 9.92. The van der Waals surface area contributed by atoms with Gasteiger partial charge in [-0.25, -0.2) is 37.9 Å². The third kappa shape index (κ3) is 4.03. The van der Waals surface area contributed by atoms with Crippen LogP contribution in [0.4, 0.5) is 11.5 Å². The van der Waals surface area contributed by atoms with Gasteiger partial charge in [-0.1, -0.05) is 0 Å². The van der Waals surface area contributed by atoms with Gasteiger partial charge < -0.3 is 14.8 Å². The number of aromatic nitrogens is 7. The Balaban J connectivity index is 1.51. The highest BCUT2D eigenvalue weighted by Gasteiger charge is 2.17. The summed E-state index contributed by atoms with van der Waals surface area (Å²) < 4.78 is 37.1. The summed E-state index contributed by atoms with van der Waals surface area (Å²) in [5.74, 6) is 1.97. The number of benzene rings is 1. The lowest BCUT2D eigenvalue weighted by Crippen LogP contribution is -2.06. The van der Waals surface area contributed by atoms with Crippen molar-refractivity contribution in [1.82, 2.24) is 34.5 Å². The molecular weight excluding hydrogens is 460 g/mol. The zero-order valence-electron chi connectivity index (χ0n) is 18.3. The van der Waals surface area contributed by atoms with E-state index < -0.39 is 9.84 Å². The molecule has 4 aromatic heterocycles. The number of pyridine rings is 1. The maximum absolute atomic E-state index is 11.9. The molecule has 34 heavy (non-hydrogen) atoms. The number of hydrogen-bond acceptors (Lipinski definition) is 11. The van der Waals surface area contributed by atoms with Crippen LogP contribution in [0.25, 0.3) is 16.7 Å². The lowest BCUT2D eigenvalue weighted by atomic mass is 10.1. The van der Waals surface area contributed by atoms with Crippen LogP contribution in [0.2, 0.25) is 0 Å². The van der Waals surface area contributed by atoms with Crippen molar-refractivity contribution in [3.05, 3.63) is 54.9 Å². The standard InChI is InChI=1S/C21H18N8O4S/c1-12-6-14(27-20-19-15(23-10-25-20)9-22-21(28-19)34(3,30)31)17(32-2)8-16(12)33-13-4-5-29-18(7-13)24-11-26-29/h4-11H,1-3H3,(H,23,25,27). The number of sulfone groups is 1. The lowest BCUT2D eigenvalue weighted by Gasteiger charge is -2.16. The fourth-order valence-electron chi connectivity index (χ4n) is 3.27. The van der Waals surface area contributed by atoms with Crippen LogP contribution in [0.5, 0.6) is 17.2 Å². The SMILES string of the molecule is COc1cc(Oc2ccn3ncnc3c2)c(C)cc1Nc1ncnc2cnc(S(C)(=O)=O)nc12. The van der Waals surface area contributed by atoms with E-state index in [0.717, 1.165) is 11.8 Å². The smallest absolute Gasteiger partial charge is 0.247 e. The van der Waals surface area contributed by atoms with Gasteiger partial charge in [0.25, 0.3) is 0 Å². The Morgan fingerprint density at radius 3 is 2.68 bits per heavy atom. The molecule has 0 amide bonds. The highest BCUT2D eigenvalue weighted by atomic mass is 32.2. The monoisotopic (exact) mass is 478 g/mol. The maximum atomic E-state index is 11.9. The molecule has 0 saturated heterocycles. The molecule has 0 saturated carbocycles. The number of anilines is 2. The highest BCUT2D eigenvalue weighted by Crippen LogP contribution is 2.37. The van der Waals surface area contributed by atoms with E-state index in [1.54, 1.807) is 28.9 Å². The molecule has 1 aromatic carbocycles. The average molecular weight is 478 g/mol. The molecule has 172 valence electrons. The van der Waals surface area contributed by atoms with Crippen LogP contribution in [0.15, 0.2) is 54.5 Å². The predicted molar refractivity (Wildman–Crippen MR) is 122 cm³/mol. The molecule has 0 aliphatic carbocycles. The molecule has 5 rings (SSSR count). The Hall–Kier alpha value is -4.39. The van der Waals surface area contributed by atoms with Gasteiger partial charge in [0.05, 0.1) is 19.0 Å². The largest absolute Gasteiger partial charge is 0.494 e. The molecule has 0 unspecified atom stereocenters. The highest BCUT2D eigenvalue weighted by molar-refractivity contribution is 7.90. The molecule has 0 fully saturated rings. The second-order valence-electron chi connectivity index (χ2n) is 7.35. The predicted octanol–water partition coefficient (Wildman–Crippen LogP) is 2.72. The third-order valence-corrected chi connectivity index (χ3v) is 5.78. The van der Waals surface area contributed by atoms with Crippen molar-refractivity contribution in [3.63, 3.8) is 0 Å². The van der Waals surface area contributed by atoms with E-state index in [1.165, 1.54) is 26.0 Å². The maximum Gasteiger partial charge on any atom is 0.247 e. The molecule has 12 nitrogen and oxygen atoms in total. The zero-order valence-corrected chi connectivity index (χ0v) is 19.1.